The molecule has 0 spiro atoms. The van der Waals surface area contributed by atoms with Crippen molar-refractivity contribution in [3.05, 3.63) is 57.0 Å². The van der Waals surface area contributed by atoms with E-state index in [0.29, 0.717) is 36.9 Å². The van der Waals surface area contributed by atoms with Crippen LogP contribution in [0.1, 0.15) is 43.2 Å². The van der Waals surface area contributed by atoms with Crippen LogP contribution in [0.5, 0.6) is 0 Å². The van der Waals surface area contributed by atoms with E-state index in [0.717, 1.165) is 24.8 Å². The predicted octanol–water partition coefficient (Wildman–Crippen LogP) is 4.05. The standard InChI is InChI=1S/C23H26ClN3O3/c1-13-2-4-14(5-3-13)11-25-18-12-26-27(21(28)20(18)24)23-9-15-6-16(10-23)8-17(7-15)19(23)22(29)30/h2-5,12,15-17,19,25H,6-11H2,1H3,(H,29,30)/t15-,16-,17?,19-,23?/m0/s1. The van der Waals surface area contributed by atoms with E-state index in [-0.39, 0.29) is 10.9 Å². The Bertz CT molecular complexity index is 1030. The van der Waals surface area contributed by atoms with Crippen molar-refractivity contribution in [3.63, 3.8) is 0 Å². The summed E-state index contributed by atoms with van der Waals surface area (Å²) in [7, 11) is 0. The SMILES string of the molecule is Cc1ccc(CNc2cnn(C34C[C@@H]5CC(C[C@H](C5)C3)[C@H]4C(=O)O)c(=O)c2Cl)cc1. The number of carboxylic acid groups (broad SMARTS) is 1. The molecule has 1 aromatic heterocycles. The van der Waals surface area contributed by atoms with Gasteiger partial charge in [-0.05, 0) is 62.3 Å². The summed E-state index contributed by atoms with van der Waals surface area (Å²) >= 11 is 6.47. The highest BCUT2D eigenvalue weighted by Gasteiger charge is 2.61. The van der Waals surface area contributed by atoms with Crippen LogP contribution in [0.3, 0.4) is 0 Å². The molecule has 6 rings (SSSR count). The third kappa shape index (κ3) is 3.04. The van der Waals surface area contributed by atoms with Crippen LogP contribution in [0.15, 0.2) is 35.3 Å². The van der Waals surface area contributed by atoms with Crippen molar-refractivity contribution in [1.29, 1.82) is 0 Å². The first-order valence-corrected chi connectivity index (χ1v) is 11.1. The van der Waals surface area contributed by atoms with E-state index in [2.05, 4.69) is 10.4 Å². The van der Waals surface area contributed by atoms with E-state index in [1.807, 2.05) is 31.2 Å². The van der Waals surface area contributed by atoms with E-state index in [9.17, 15) is 14.7 Å². The zero-order chi connectivity index (χ0) is 21.0. The fourth-order valence-corrected chi connectivity index (χ4v) is 6.71. The lowest BCUT2D eigenvalue weighted by atomic mass is 9.48. The summed E-state index contributed by atoms with van der Waals surface area (Å²) in [4.78, 5) is 25.5. The topological polar surface area (TPSA) is 84.2 Å². The van der Waals surface area contributed by atoms with E-state index in [1.54, 1.807) is 6.20 Å². The molecule has 2 aromatic rings. The van der Waals surface area contributed by atoms with Crippen molar-refractivity contribution in [1.82, 2.24) is 9.78 Å². The third-order valence-corrected chi connectivity index (χ3v) is 7.85. The number of nitrogens with one attached hydrogen (secondary N) is 1. The van der Waals surface area contributed by atoms with Gasteiger partial charge in [-0.15, -0.1) is 0 Å². The van der Waals surface area contributed by atoms with Crippen molar-refractivity contribution in [3.8, 4) is 0 Å². The van der Waals surface area contributed by atoms with Crippen LogP contribution in [-0.2, 0) is 16.9 Å². The Hall–Kier alpha value is -2.34. The molecule has 0 saturated heterocycles. The maximum atomic E-state index is 13.3. The van der Waals surface area contributed by atoms with Gasteiger partial charge in [0.25, 0.3) is 5.56 Å². The predicted molar refractivity (Wildman–Crippen MR) is 115 cm³/mol. The number of hydrogen-bond donors (Lipinski definition) is 2. The summed E-state index contributed by atoms with van der Waals surface area (Å²) in [6.45, 7) is 2.56. The number of anilines is 1. The Morgan fingerprint density at radius 3 is 2.53 bits per heavy atom. The monoisotopic (exact) mass is 427 g/mol. The summed E-state index contributed by atoms with van der Waals surface area (Å²) in [6, 6.07) is 8.12. The van der Waals surface area contributed by atoms with Crippen LogP contribution >= 0.6 is 11.6 Å². The highest BCUT2D eigenvalue weighted by Crippen LogP contribution is 2.61. The zero-order valence-electron chi connectivity index (χ0n) is 17.0. The third-order valence-electron chi connectivity index (χ3n) is 7.48. The second kappa shape index (κ2) is 7.12. The molecular weight excluding hydrogens is 402 g/mol. The maximum absolute atomic E-state index is 13.3. The number of aryl methyl sites for hydroxylation is 1. The molecule has 4 bridgehead atoms. The van der Waals surface area contributed by atoms with E-state index in [4.69, 9.17) is 11.6 Å². The van der Waals surface area contributed by atoms with Gasteiger partial charge in [0.1, 0.15) is 5.02 Å². The van der Waals surface area contributed by atoms with E-state index < -0.39 is 23.0 Å². The van der Waals surface area contributed by atoms with Gasteiger partial charge in [-0.1, -0.05) is 41.4 Å². The van der Waals surface area contributed by atoms with Crippen LogP contribution < -0.4 is 10.9 Å². The lowest BCUT2D eigenvalue weighted by molar-refractivity contribution is -0.168. The molecule has 1 heterocycles. The highest BCUT2D eigenvalue weighted by molar-refractivity contribution is 6.32. The van der Waals surface area contributed by atoms with E-state index >= 15 is 0 Å². The number of rotatable bonds is 5. The quantitative estimate of drug-likeness (QED) is 0.751. The van der Waals surface area contributed by atoms with Gasteiger partial charge in [-0.25, -0.2) is 4.68 Å². The lowest BCUT2D eigenvalue weighted by Gasteiger charge is -2.59. The zero-order valence-corrected chi connectivity index (χ0v) is 17.7. The van der Waals surface area contributed by atoms with Crippen LogP contribution in [0.4, 0.5) is 5.69 Å². The summed E-state index contributed by atoms with van der Waals surface area (Å²) in [5, 5.41) is 17.8. The Kier molecular flexibility index (Phi) is 4.65. The molecule has 0 aliphatic heterocycles. The fourth-order valence-electron chi connectivity index (χ4n) is 6.51. The minimum absolute atomic E-state index is 0.0806. The van der Waals surface area contributed by atoms with Crippen molar-refractivity contribution in [2.75, 3.05) is 5.32 Å². The summed E-state index contributed by atoms with van der Waals surface area (Å²) in [5.74, 6) is -0.307. The van der Waals surface area contributed by atoms with Crippen LogP contribution in [0.2, 0.25) is 5.02 Å². The first-order chi connectivity index (χ1) is 14.4. The number of aliphatic carboxylic acids is 1. The molecule has 1 aromatic carbocycles. The van der Waals surface area contributed by atoms with Gasteiger partial charge in [0, 0.05) is 6.54 Å². The number of nitrogens with zero attached hydrogens (tertiary/aromatic N) is 2. The molecule has 2 N–H and O–H groups in total. The average Bonchev–Trinajstić information content (AvgIpc) is 2.69. The number of halogens is 1. The molecule has 6 nitrogen and oxygen atoms in total. The number of benzene rings is 1. The minimum Gasteiger partial charge on any atom is -0.481 e. The fraction of sp³-hybridized carbons (Fsp3) is 0.522. The van der Waals surface area contributed by atoms with Crippen LogP contribution in [0.25, 0.3) is 0 Å². The van der Waals surface area contributed by atoms with Gasteiger partial charge >= 0.3 is 5.97 Å². The highest BCUT2D eigenvalue weighted by atomic mass is 35.5. The van der Waals surface area contributed by atoms with Crippen molar-refractivity contribution in [2.45, 2.75) is 51.1 Å². The van der Waals surface area contributed by atoms with Crippen molar-refractivity contribution < 1.29 is 9.90 Å². The molecule has 0 radical (unpaired) electrons. The van der Waals surface area contributed by atoms with E-state index in [1.165, 1.54) is 10.2 Å². The van der Waals surface area contributed by atoms with Crippen LogP contribution in [-0.4, -0.2) is 20.9 Å². The molecule has 4 fully saturated rings. The van der Waals surface area contributed by atoms with Crippen molar-refractivity contribution >= 4 is 23.3 Å². The Labute approximate surface area is 180 Å². The summed E-state index contributed by atoms with van der Waals surface area (Å²) in [6.07, 6.45) is 6.03. The molecule has 4 aliphatic carbocycles. The summed E-state index contributed by atoms with van der Waals surface area (Å²) in [5.41, 5.74) is 1.60. The van der Waals surface area contributed by atoms with Crippen LogP contribution in [0, 0.1) is 30.6 Å². The molecule has 4 aliphatic rings. The normalized spacial score (nSPS) is 31.7. The molecule has 158 valence electrons. The maximum Gasteiger partial charge on any atom is 0.309 e. The first kappa shape index (κ1) is 19.6. The van der Waals surface area contributed by atoms with Gasteiger partial charge in [-0.3, -0.25) is 9.59 Å². The second-order valence-electron chi connectivity index (χ2n) is 9.46. The Balaban J connectivity index is 1.47. The Morgan fingerprint density at radius 2 is 1.90 bits per heavy atom. The number of aromatic nitrogens is 2. The van der Waals surface area contributed by atoms with Gasteiger partial charge in [0.2, 0.25) is 0 Å². The second-order valence-corrected chi connectivity index (χ2v) is 9.83. The molecular formula is C23H26ClN3O3. The van der Waals surface area contributed by atoms with Gasteiger partial charge < -0.3 is 10.4 Å². The lowest BCUT2D eigenvalue weighted by Crippen LogP contribution is -2.63. The smallest absolute Gasteiger partial charge is 0.309 e. The van der Waals surface area contributed by atoms with Gasteiger partial charge in [0.15, 0.2) is 0 Å². The minimum atomic E-state index is -0.815. The largest absolute Gasteiger partial charge is 0.481 e. The van der Waals surface area contributed by atoms with Gasteiger partial charge in [-0.2, -0.15) is 5.10 Å². The summed E-state index contributed by atoms with van der Waals surface area (Å²) < 4.78 is 1.43. The molecule has 4 saturated carbocycles. The number of carbonyl (C=O) groups is 1. The molecule has 3 atom stereocenters. The molecule has 0 amide bonds. The van der Waals surface area contributed by atoms with Crippen molar-refractivity contribution in [2.24, 2.45) is 23.7 Å². The average molecular weight is 428 g/mol. The molecule has 7 heteroatoms. The number of hydrogen-bond acceptors (Lipinski definition) is 4. The molecule has 30 heavy (non-hydrogen) atoms. The molecule has 0 unspecified atom stereocenters. The first-order valence-electron chi connectivity index (χ1n) is 10.7. The van der Waals surface area contributed by atoms with Gasteiger partial charge in [0.05, 0.1) is 23.3 Å². The Morgan fingerprint density at radius 1 is 1.23 bits per heavy atom. The number of carboxylic acids is 1.